The van der Waals surface area contributed by atoms with Gasteiger partial charge in [-0.1, -0.05) is 6.08 Å². The first-order valence-corrected chi connectivity index (χ1v) is 6.20. The van der Waals surface area contributed by atoms with E-state index in [1.807, 2.05) is 10.8 Å². The first-order chi connectivity index (χ1) is 7.03. The molecular weight excluding hydrogens is 216 g/mol. The number of aromatic nitrogens is 2. The van der Waals surface area contributed by atoms with Gasteiger partial charge in [-0.15, -0.1) is 6.58 Å². The predicted octanol–water partition coefficient (Wildman–Crippen LogP) is 0.890. The average molecular weight is 230 g/mol. The highest BCUT2D eigenvalue weighted by atomic mass is 32.2. The van der Waals surface area contributed by atoms with E-state index in [0.717, 1.165) is 5.82 Å². The van der Waals surface area contributed by atoms with Crippen molar-refractivity contribution in [2.24, 2.45) is 0 Å². The number of nitrogens with zero attached hydrogens (tertiary/aromatic N) is 2. The van der Waals surface area contributed by atoms with Crippen LogP contribution in [0.1, 0.15) is 12.2 Å². The Labute approximate surface area is 89.2 Å². The fraction of sp³-hybridized carbons (Fsp3) is 0.444. The Morgan fingerprint density at radius 3 is 2.93 bits per heavy atom. The second kappa shape index (κ2) is 5.09. The number of hydrogen-bond donors (Lipinski definition) is 1. The number of imidazole rings is 1. The van der Waals surface area contributed by atoms with Crippen LogP contribution in [0.15, 0.2) is 25.0 Å². The van der Waals surface area contributed by atoms with Crippen LogP contribution in [0.3, 0.4) is 0 Å². The largest absolute Gasteiger partial charge is 0.331 e. The zero-order chi connectivity index (χ0) is 11.3. The van der Waals surface area contributed by atoms with Crippen molar-refractivity contribution in [2.45, 2.75) is 19.4 Å². The van der Waals surface area contributed by atoms with E-state index in [1.165, 1.54) is 0 Å². The van der Waals surface area contributed by atoms with Crippen LogP contribution in [0.5, 0.6) is 0 Å². The molecule has 15 heavy (non-hydrogen) atoms. The minimum Gasteiger partial charge on any atom is -0.331 e. The third-order valence-corrected chi connectivity index (χ3v) is 2.73. The molecule has 1 N–H and O–H groups in total. The fourth-order valence-corrected chi connectivity index (χ4v) is 1.80. The molecule has 0 spiro atoms. The van der Waals surface area contributed by atoms with Gasteiger partial charge in [0.25, 0.3) is 10.1 Å². The van der Waals surface area contributed by atoms with E-state index in [9.17, 15) is 8.42 Å². The SMILES string of the molecule is C=CCn1ccnc1CCCS(=O)(=O)O. The summed E-state index contributed by atoms with van der Waals surface area (Å²) in [6.07, 6.45) is 6.11. The van der Waals surface area contributed by atoms with Gasteiger partial charge in [0.05, 0.1) is 5.75 Å². The van der Waals surface area contributed by atoms with Crippen LogP contribution in [-0.2, 0) is 23.1 Å². The monoisotopic (exact) mass is 230 g/mol. The fourth-order valence-electron chi connectivity index (χ4n) is 1.29. The molecule has 0 aliphatic heterocycles. The van der Waals surface area contributed by atoms with Crippen molar-refractivity contribution in [1.29, 1.82) is 0 Å². The maximum absolute atomic E-state index is 10.5. The maximum atomic E-state index is 10.5. The van der Waals surface area contributed by atoms with Crippen LogP contribution in [0.2, 0.25) is 0 Å². The van der Waals surface area contributed by atoms with Gasteiger partial charge in [-0.2, -0.15) is 8.42 Å². The van der Waals surface area contributed by atoms with Gasteiger partial charge in [-0.3, -0.25) is 4.55 Å². The van der Waals surface area contributed by atoms with E-state index in [2.05, 4.69) is 11.6 Å². The van der Waals surface area contributed by atoms with Gasteiger partial charge < -0.3 is 4.57 Å². The third kappa shape index (κ3) is 4.26. The van der Waals surface area contributed by atoms with E-state index in [4.69, 9.17) is 4.55 Å². The smallest absolute Gasteiger partial charge is 0.264 e. The molecule has 0 atom stereocenters. The lowest BCUT2D eigenvalue weighted by molar-refractivity contribution is 0.480. The minimum absolute atomic E-state index is 0.228. The molecule has 6 heteroatoms. The highest BCUT2D eigenvalue weighted by Gasteiger charge is 2.06. The van der Waals surface area contributed by atoms with Crippen LogP contribution >= 0.6 is 0 Å². The zero-order valence-electron chi connectivity index (χ0n) is 8.33. The van der Waals surface area contributed by atoms with Gasteiger partial charge in [0, 0.05) is 25.4 Å². The van der Waals surface area contributed by atoms with Crippen molar-refractivity contribution in [1.82, 2.24) is 9.55 Å². The van der Waals surface area contributed by atoms with Gasteiger partial charge in [0.2, 0.25) is 0 Å². The Kier molecular flexibility index (Phi) is 4.05. The van der Waals surface area contributed by atoms with E-state index in [1.54, 1.807) is 12.3 Å². The van der Waals surface area contributed by atoms with Crippen LogP contribution in [0.4, 0.5) is 0 Å². The van der Waals surface area contributed by atoms with Crippen LogP contribution in [0, 0.1) is 0 Å². The molecular formula is C9H14N2O3S. The minimum atomic E-state index is -3.86. The molecule has 0 amide bonds. The molecule has 0 aliphatic rings. The number of hydrogen-bond acceptors (Lipinski definition) is 3. The Morgan fingerprint density at radius 2 is 2.33 bits per heavy atom. The molecule has 1 rings (SSSR count). The predicted molar refractivity (Wildman–Crippen MR) is 57.2 cm³/mol. The standard InChI is InChI=1S/C9H14N2O3S/c1-2-6-11-7-5-10-9(11)4-3-8-15(12,13)14/h2,5,7H,1,3-4,6,8H2,(H,12,13,14). The number of aryl methyl sites for hydroxylation is 1. The second-order valence-electron chi connectivity index (χ2n) is 3.17. The number of allylic oxidation sites excluding steroid dienone is 1. The summed E-state index contributed by atoms with van der Waals surface area (Å²) >= 11 is 0. The second-order valence-corrected chi connectivity index (χ2v) is 4.75. The van der Waals surface area contributed by atoms with Crippen molar-refractivity contribution in [3.05, 3.63) is 30.9 Å². The molecule has 0 saturated heterocycles. The third-order valence-electron chi connectivity index (χ3n) is 1.93. The Morgan fingerprint density at radius 1 is 1.60 bits per heavy atom. The van der Waals surface area contributed by atoms with Gasteiger partial charge in [0.15, 0.2) is 0 Å². The van der Waals surface area contributed by atoms with Gasteiger partial charge in [0.1, 0.15) is 5.82 Å². The molecule has 0 radical (unpaired) electrons. The van der Waals surface area contributed by atoms with Gasteiger partial charge in [-0.25, -0.2) is 4.98 Å². The summed E-state index contributed by atoms with van der Waals surface area (Å²) in [6.45, 7) is 4.27. The van der Waals surface area contributed by atoms with Crippen LogP contribution in [0.25, 0.3) is 0 Å². The Balaban J connectivity index is 2.50. The molecule has 0 fully saturated rings. The van der Waals surface area contributed by atoms with Gasteiger partial charge in [-0.05, 0) is 6.42 Å². The first-order valence-electron chi connectivity index (χ1n) is 4.59. The summed E-state index contributed by atoms with van der Waals surface area (Å²) in [7, 11) is -3.86. The molecule has 84 valence electrons. The summed E-state index contributed by atoms with van der Waals surface area (Å²) < 4.78 is 31.4. The molecule has 0 aromatic carbocycles. The van der Waals surface area contributed by atoms with E-state index in [-0.39, 0.29) is 5.75 Å². The lowest BCUT2D eigenvalue weighted by Crippen LogP contribution is -2.07. The molecule has 0 saturated carbocycles. The van der Waals surface area contributed by atoms with Crippen LogP contribution in [-0.4, -0.2) is 28.3 Å². The first kappa shape index (κ1) is 11.9. The van der Waals surface area contributed by atoms with Crippen molar-refractivity contribution in [3.8, 4) is 0 Å². The van der Waals surface area contributed by atoms with Gasteiger partial charge >= 0.3 is 0 Å². The summed E-state index contributed by atoms with van der Waals surface area (Å²) in [4.78, 5) is 4.09. The summed E-state index contributed by atoms with van der Waals surface area (Å²) in [5.74, 6) is 0.576. The lowest BCUT2D eigenvalue weighted by Gasteiger charge is -2.03. The molecule has 1 aromatic heterocycles. The normalized spacial score (nSPS) is 11.5. The lowest BCUT2D eigenvalue weighted by atomic mass is 10.3. The zero-order valence-corrected chi connectivity index (χ0v) is 9.15. The Hall–Kier alpha value is -1.14. The van der Waals surface area contributed by atoms with Crippen LogP contribution < -0.4 is 0 Å². The topological polar surface area (TPSA) is 72.2 Å². The van der Waals surface area contributed by atoms with E-state index >= 15 is 0 Å². The maximum Gasteiger partial charge on any atom is 0.264 e. The van der Waals surface area contributed by atoms with Crippen molar-refractivity contribution < 1.29 is 13.0 Å². The summed E-state index contributed by atoms with van der Waals surface area (Å²) in [5, 5.41) is 0. The summed E-state index contributed by atoms with van der Waals surface area (Å²) in [6, 6.07) is 0. The highest BCUT2D eigenvalue weighted by molar-refractivity contribution is 7.85. The van der Waals surface area contributed by atoms with Crippen molar-refractivity contribution in [3.63, 3.8) is 0 Å². The quantitative estimate of drug-likeness (QED) is 0.582. The summed E-state index contributed by atoms with van der Waals surface area (Å²) in [5.41, 5.74) is 0. The molecule has 5 nitrogen and oxygen atoms in total. The van der Waals surface area contributed by atoms with E-state index in [0.29, 0.717) is 19.4 Å². The Bertz CT molecular complexity index is 422. The molecule has 0 unspecified atom stereocenters. The molecule has 0 bridgehead atoms. The molecule has 0 aliphatic carbocycles. The number of rotatable bonds is 6. The molecule has 1 heterocycles. The van der Waals surface area contributed by atoms with E-state index < -0.39 is 10.1 Å². The average Bonchev–Trinajstić information content (AvgIpc) is 2.51. The van der Waals surface area contributed by atoms with Crippen molar-refractivity contribution in [2.75, 3.05) is 5.75 Å². The van der Waals surface area contributed by atoms with Crippen molar-refractivity contribution >= 4 is 10.1 Å². The molecule has 1 aromatic rings. The highest BCUT2D eigenvalue weighted by Crippen LogP contribution is 2.02.